The number of ether oxygens (including phenoxy) is 3. The first-order valence-electron chi connectivity index (χ1n) is 9.59. The number of benzene rings is 1. The molecule has 1 aromatic carbocycles. The number of nitrogens with zero attached hydrogens (tertiary/aromatic N) is 3. The van der Waals surface area contributed by atoms with Crippen molar-refractivity contribution in [1.29, 1.82) is 0 Å². The SMILES string of the molecule is COCCn1c(=NC(=O)C2CCCCN2S(C)(=O)=O)sc2cc(OC)c(OC)cc21. The predicted molar refractivity (Wildman–Crippen MR) is 115 cm³/mol. The van der Waals surface area contributed by atoms with Crippen LogP contribution in [0.4, 0.5) is 0 Å². The molecule has 1 aromatic heterocycles. The molecule has 0 radical (unpaired) electrons. The summed E-state index contributed by atoms with van der Waals surface area (Å²) in [5, 5.41) is 0. The Morgan fingerprint density at radius 1 is 1.20 bits per heavy atom. The van der Waals surface area contributed by atoms with E-state index in [1.807, 2.05) is 16.7 Å². The first kappa shape index (κ1) is 22.7. The number of thiazole rings is 1. The molecule has 11 heteroatoms. The Morgan fingerprint density at radius 2 is 1.90 bits per heavy atom. The van der Waals surface area contributed by atoms with Gasteiger partial charge in [-0.3, -0.25) is 4.79 Å². The van der Waals surface area contributed by atoms with E-state index < -0.39 is 22.0 Å². The summed E-state index contributed by atoms with van der Waals surface area (Å²) in [6.45, 7) is 1.26. The molecule has 1 amide bonds. The summed E-state index contributed by atoms with van der Waals surface area (Å²) in [6.07, 6.45) is 3.14. The van der Waals surface area contributed by atoms with Gasteiger partial charge in [-0.15, -0.1) is 0 Å². The molecule has 2 heterocycles. The Labute approximate surface area is 179 Å². The lowest BCUT2D eigenvalue weighted by atomic mass is 10.0. The summed E-state index contributed by atoms with van der Waals surface area (Å²) < 4.78 is 44.3. The van der Waals surface area contributed by atoms with Gasteiger partial charge in [-0.2, -0.15) is 9.30 Å². The Hall–Kier alpha value is -1.95. The van der Waals surface area contributed by atoms with Gasteiger partial charge < -0.3 is 18.8 Å². The fourth-order valence-electron chi connectivity index (χ4n) is 3.60. The first-order valence-corrected chi connectivity index (χ1v) is 12.3. The number of hydrogen-bond donors (Lipinski definition) is 0. The van der Waals surface area contributed by atoms with Gasteiger partial charge in [0.15, 0.2) is 16.3 Å². The highest BCUT2D eigenvalue weighted by atomic mass is 32.2. The molecule has 0 bridgehead atoms. The minimum absolute atomic E-state index is 0.343. The van der Waals surface area contributed by atoms with Crippen LogP contribution in [0.15, 0.2) is 17.1 Å². The average molecular weight is 458 g/mol. The molecule has 3 rings (SSSR count). The van der Waals surface area contributed by atoms with Crippen LogP contribution >= 0.6 is 11.3 Å². The highest BCUT2D eigenvalue weighted by Crippen LogP contribution is 2.33. The van der Waals surface area contributed by atoms with Gasteiger partial charge in [0.25, 0.3) is 5.91 Å². The largest absolute Gasteiger partial charge is 0.493 e. The van der Waals surface area contributed by atoms with E-state index in [0.29, 0.717) is 42.4 Å². The summed E-state index contributed by atoms with van der Waals surface area (Å²) in [6, 6.07) is 2.92. The molecule has 0 saturated carbocycles. The molecule has 1 saturated heterocycles. The van der Waals surface area contributed by atoms with Gasteiger partial charge in [-0.05, 0) is 12.8 Å². The second kappa shape index (κ2) is 9.46. The van der Waals surface area contributed by atoms with Crippen LogP contribution in [0.1, 0.15) is 19.3 Å². The molecule has 1 fully saturated rings. The third-order valence-corrected chi connectivity index (χ3v) is 7.41. The molecule has 0 spiro atoms. The van der Waals surface area contributed by atoms with E-state index in [2.05, 4.69) is 4.99 Å². The van der Waals surface area contributed by atoms with Crippen molar-refractivity contribution >= 4 is 37.5 Å². The molecule has 1 aliphatic rings. The fourth-order valence-corrected chi connectivity index (χ4v) is 5.79. The topological polar surface area (TPSA) is 99.4 Å². The van der Waals surface area contributed by atoms with Crippen LogP contribution in [0.25, 0.3) is 10.2 Å². The second-order valence-corrected chi connectivity index (χ2v) is 9.98. The molecular formula is C19H27N3O6S2. The zero-order chi connectivity index (χ0) is 21.9. The van der Waals surface area contributed by atoms with E-state index in [4.69, 9.17) is 14.2 Å². The third kappa shape index (κ3) is 4.69. The Morgan fingerprint density at radius 3 is 2.53 bits per heavy atom. The molecule has 0 aliphatic carbocycles. The summed E-state index contributed by atoms with van der Waals surface area (Å²) in [4.78, 5) is 17.8. The van der Waals surface area contributed by atoms with E-state index in [9.17, 15) is 13.2 Å². The highest BCUT2D eigenvalue weighted by molar-refractivity contribution is 7.88. The van der Waals surface area contributed by atoms with Crippen molar-refractivity contribution in [1.82, 2.24) is 8.87 Å². The number of fused-ring (bicyclic) bond motifs is 1. The summed E-state index contributed by atoms with van der Waals surface area (Å²) in [5.74, 6) is 0.706. The van der Waals surface area contributed by atoms with Crippen LogP contribution in [0.5, 0.6) is 11.5 Å². The first-order chi connectivity index (χ1) is 14.3. The van der Waals surface area contributed by atoms with E-state index in [-0.39, 0.29) is 0 Å². The van der Waals surface area contributed by atoms with Crippen molar-refractivity contribution in [2.45, 2.75) is 31.8 Å². The van der Waals surface area contributed by atoms with Crippen molar-refractivity contribution in [2.75, 3.05) is 40.7 Å². The number of hydrogen-bond acceptors (Lipinski definition) is 7. The number of carbonyl (C=O) groups excluding carboxylic acids is 1. The van der Waals surface area contributed by atoms with Gasteiger partial charge in [-0.25, -0.2) is 8.42 Å². The van der Waals surface area contributed by atoms with Crippen LogP contribution in [0.3, 0.4) is 0 Å². The molecular weight excluding hydrogens is 430 g/mol. The molecule has 0 N–H and O–H groups in total. The lowest BCUT2D eigenvalue weighted by Crippen LogP contribution is -2.47. The van der Waals surface area contributed by atoms with Crippen LogP contribution in [-0.2, 0) is 26.1 Å². The number of piperidine rings is 1. The van der Waals surface area contributed by atoms with Gasteiger partial charge in [0, 0.05) is 32.3 Å². The molecule has 30 heavy (non-hydrogen) atoms. The number of sulfonamides is 1. The number of methoxy groups -OCH3 is 3. The lowest BCUT2D eigenvalue weighted by molar-refractivity contribution is -0.122. The molecule has 2 aromatic rings. The van der Waals surface area contributed by atoms with Gasteiger partial charge in [0.05, 0.1) is 37.3 Å². The minimum Gasteiger partial charge on any atom is -0.493 e. The highest BCUT2D eigenvalue weighted by Gasteiger charge is 2.34. The Balaban J connectivity index is 2.10. The maximum Gasteiger partial charge on any atom is 0.266 e. The molecule has 1 atom stereocenters. The number of carbonyl (C=O) groups is 1. The zero-order valence-electron chi connectivity index (χ0n) is 17.6. The number of rotatable bonds is 7. The van der Waals surface area contributed by atoms with Crippen molar-refractivity contribution in [3.05, 3.63) is 16.9 Å². The van der Waals surface area contributed by atoms with Crippen LogP contribution in [0.2, 0.25) is 0 Å². The summed E-state index contributed by atoms with van der Waals surface area (Å²) >= 11 is 1.34. The average Bonchev–Trinajstić information content (AvgIpc) is 3.06. The van der Waals surface area contributed by atoms with Crippen molar-refractivity contribution in [3.8, 4) is 11.5 Å². The standard InChI is InChI=1S/C19H27N3O6S2/c1-26-10-9-21-14-11-15(27-2)16(28-3)12-17(14)29-19(21)20-18(23)13-7-5-6-8-22(13)30(4,24)25/h11-13H,5-10H2,1-4H3. The maximum atomic E-state index is 13.0. The van der Waals surface area contributed by atoms with Crippen molar-refractivity contribution in [3.63, 3.8) is 0 Å². The monoisotopic (exact) mass is 457 g/mol. The van der Waals surface area contributed by atoms with E-state index in [1.54, 1.807) is 21.3 Å². The zero-order valence-corrected chi connectivity index (χ0v) is 19.2. The maximum absolute atomic E-state index is 13.0. The summed E-state index contributed by atoms with van der Waals surface area (Å²) in [7, 11) is 1.25. The van der Waals surface area contributed by atoms with Crippen molar-refractivity contribution < 1.29 is 27.4 Å². The van der Waals surface area contributed by atoms with Crippen LogP contribution < -0.4 is 14.3 Å². The minimum atomic E-state index is -3.48. The van der Waals surface area contributed by atoms with E-state index >= 15 is 0 Å². The van der Waals surface area contributed by atoms with Crippen molar-refractivity contribution in [2.24, 2.45) is 4.99 Å². The molecule has 1 aliphatic heterocycles. The fraction of sp³-hybridized carbons (Fsp3) is 0.579. The van der Waals surface area contributed by atoms with E-state index in [1.165, 1.54) is 15.6 Å². The molecule has 166 valence electrons. The smallest absolute Gasteiger partial charge is 0.266 e. The van der Waals surface area contributed by atoms with E-state index in [0.717, 1.165) is 29.3 Å². The van der Waals surface area contributed by atoms with Gasteiger partial charge in [0.2, 0.25) is 10.0 Å². The lowest BCUT2D eigenvalue weighted by Gasteiger charge is -2.31. The predicted octanol–water partition coefficient (Wildman–Crippen LogP) is 1.61. The number of amides is 1. The quantitative estimate of drug-likeness (QED) is 0.626. The molecule has 1 unspecified atom stereocenters. The second-order valence-electron chi connectivity index (χ2n) is 7.04. The Bertz CT molecular complexity index is 1090. The van der Waals surface area contributed by atoms with Gasteiger partial charge in [-0.1, -0.05) is 17.8 Å². The Kier molecular flexibility index (Phi) is 7.17. The summed E-state index contributed by atoms with van der Waals surface area (Å²) in [5.41, 5.74) is 0.838. The molecule has 9 nitrogen and oxygen atoms in total. The van der Waals surface area contributed by atoms with Crippen LogP contribution in [-0.4, -0.2) is 70.0 Å². The normalized spacial score (nSPS) is 18.7. The number of aromatic nitrogens is 1. The van der Waals surface area contributed by atoms with Gasteiger partial charge >= 0.3 is 0 Å². The van der Waals surface area contributed by atoms with Gasteiger partial charge in [0.1, 0.15) is 6.04 Å². The van der Waals surface area contributed by atoms with Crippen LogP contribution in [0, 0.1) is 0 Å². The third-order valence-electron chi connectivity index (χ3n) is 5.08.